The average molecular weight is 515 g/mol. The molecule has 1 heterocycles. The smallest absolute Gasteiger partial charge is 0.308 e. The maximum atomic E-state index is 12.2. The lowest BCUT2D eigenvalue weighted by atomic mass is 9.92. The summed E-state index contributed by atoms with van der Waals surface area (Å²) in [6.07, 6.45) is 1.58. The highest BCUT2D eigenvalue weighted by molar-refractivity contribution is 5.81. The van der Waals surface area contributed by atoms with Gasteiger partial charge in [0.2, 0.25) is 11.8 Å². The predicted octanol–water partition coefficient (Wildman–Crippen LogP) is 2.33. The third-order valence-corrected chi connectivity index (χ3v) is 6.60. The molecule has 2 amide bonds. The number of amides is 2. The molecule has 0 aliphatic carbocycles. The molecule has 0 spiro atoms. The molecular formula is C26H46N2O8. The van der Waals surface area contributed by atoms with Crippen molar-refractivity contribution in [3.8, 4) is 0 Å². The van der Waals surface area contributed by atoms with Gasteiger partial charge in [0.05, 0.1) is 37.8 Å². The molecule has 6 atom stereocenters. The number of ether oxygens (including phenoxy) is 4. The monoisotopic (exact) mass is 514 g/mol. The Labute approximate surface area is 215 Å². The van der Waals surface area contributed by atoms with Gasteiger partial charge in [0.15, 0.2) is 0 Å². The number of esters is 2. The highest BCUT2D eigenvalue weighted by atomic mass is 16.6. The van der Waals surface area contributed by atoms with Crippen LogP contribution in [0.3, 0.4) is 0 Å². The standard InChI is InChI=1S/C26H46N2O8/c1-8-20(25(31)28(6)7)16-17(3)26(32)34-15-14-33-13-12-27-22(29)10-11-23(30)36-24-18(4)19(5)35-21(24)9-2/h17-21,24H,8-16H2,1-7H3,(H,27,29). The highest BCUT2D eigenvalue weighted by Crippen LogP contribution is 2.31. The zero-order valence-corrected chi connectivity index (χ0v) is 23.0. The summed E-state index contributed by atoms with van der Waals surface area (Å²) in [5.41, 5.74) is 0. The molecule has 0 aromatic heterocycles. The summed E-state index contributed by atoms with van der Waals surface area (Å²) in [4.78, 5) is 50.0. The zero-order chi connectivity index (χ0) is 27.3. The molecule has 0 aromatic carbocycles. The molecule has 1 fully saturated rings. The molecule has 0 aromatic rings. The van der Waals surface area contributed by atoms with Gasteiger partial charge < -0.3 is 29.2 Å². The second-order valence-corrected chi connectivity index (χ2v) is 9.71. The Balaban J connectivity index is 2.13. The summed E-state index contributed by atoms with van der Waals surface area (Å²) in [6, 6.07) is 0. The predicted molar refractivity (Wildman–Crippen MR) is 134 cm³/mol. The number of carbonyl (C=O) groups is 4. The van der Waals surface area contributed by atoms with Crippen molar-refractivity contribution in [3.63, 3.8) is 0 Å². The molecule has 1 saturated heterocycles. The van der Waals surface area contributed by atoms with Crippen molar-refractivity contribution in [3.05, 3.63) is 0 Å². The number of nitrogens with zero attached hydrogens (tertiary/aromatic N) is 1. The molecule has 10 nitrogen and oxygen atoms in total. The minimum Gasteiger partial charge on any atom is -0.463 e. The van der Waals surface area contributed by atoms with E-state index in [4.69, 9.17) is 18.9 Å². The van der Waals surface area contributed by atoms with Gasteiger partial charge in [-0.25, -0.2) is 0 Å². The Morgan fingerprint density at radius 1 is 1.03 bits per heavy atom. The van der Waals surface area contributed by atoms with E-state index in [0.29, 0.717) is 12.8 Å². The Morgan fingerprint density at radius 2 is 1.72 bits per heavy atom. The minimum absolute atomic E-state index is 0.00783. The third-order valence-electron chi connectivity index (χ3n) is 6.60. The van der Waals surface area contributed by atoms with Crippen LogP contribution in [0.4, 0.5) is 0 Å². The van der Waals surface area contributed by atoms with E-state index in [1.807, 2.05) is 27.7 Å². The van der Waals surface area contributed by atoms with Crippen molar-refractivity contribution in [2.45, 2.75) is 85.0 Å². The van der Waals surface area contributed by atoms with Crippen LogP contribution in [0.5, 0.6) is 0 Å². The van der Waals surface area contributed by atoms with Crippen molar-refractivity contribution in [1.29, 1.82) is 0 Å². The minimum atomic E-state index is -0.401. The molecule has 36 heavy (non-hydrogen) atoms. The van der Waals surface area contributed by atoms with Gasteiger partial charge in [-0.1, -0.05) is 27.7 Å². The van der Waals surface area contributed by atoms with Crippen LogP contribution < -0.4 is 5.32 Å². The normalized spacial score (nSPS) is 23.0. The largest absolute Gasteiger partial charge is 0.463 e. The molecule has 0 bridgehead atoms. The lowest BCUT2D eigenvalue weighted by Crippen LogP contribution is -2.32. The fourth-order valence-corrected chi connectivity index (χ4v) is 4.15. The highest BCUT2D eigenvalue weighted by Gasteiger charge is 2.41. The molecule has 1 N–H and O–H groups in total. The summed E-state index contributed by atoms with van der Waals surface area (Å²) in [6.45, 7) is 10.5. The van der Waals surface area contributed by atoms with Gasteiger partial charge in [-0.05, 0) is 26.2 Å². The van der Waals surface area contributed by atoms with Crippen molar-refractivity contribution in [2.24, 2.45) is 17.8 Å². The van der Waals surface area contributed by atoms with Gasteiger partial charge in [0.1, 0.15) is 12.7 Å². The van der Waals surface area contributed by atoms with Gasteiger partial charge >= 0.3 is 11.9 Å². The second-order valence-electron chi connectivity index (χ2n) is 9.71. The fourth-order valence-electron chi connectivity index (χ4n) is 4.15. The van der Waals surface area contributed by atoms with Crippen LogP contribution in [-0.4, -0.2) is 87.4 Å². The lowest BCUT2D eigenvalue weighted by Gasteiger charge is -2.21. The fraction of sp³-hybridized carbons (Fsp3) is 0.846. The van der Waals surface area contributed by atoms with Crippen LogP contribution in [0, 0.1) is 17.8 Å². The first-order valence-electron chi connectivity index (χ1n) is 13.1. The Morgan fingerprint density at radius 3 is 2.33 bits per heavy atom. The van der Waals surface area contributed by atoms with E-state index in [0.717, 1.165) is 6.42 Å². The molecule has 0 radical (unpaired) electrons. The zero-order valence-electron chi connectivity index (χ0n) is 23.0. The van der Waals surface area contributed by atoms with E-state index in [1.54, 1.807) is 25.9 Å². The Bertz CT molecular complexity index is 714. The number of hydrogen-bond acceptors (Lipinski definition) is 8. The maximum absolute atomic E-state index is 12.2. The van der Waals surface area contributed by atoms with Gasteiger partial charge in [-0.2, -0.15) is 0 Å². The second kappa shape index (κ2) is 16.5. The molecular weight excluding hydrogens is 468 g/mol. The third kappa shape index (κ3) is 10.8. The average Bonchev–Trinajstić information content (AvgIpc) is 3.12. The molecule has 1 rings (SSSR count). The summed E-state index contributed by atoms with van der Waals surface area (Å²) in [7, 11) is 3.41. The maximum Gasteiger partial charge on any atom is 0.308 e. The van der Waals surface area contributed by atoms with E-state index in [9.17, 15) is 19.2 Å². The summed E-state index contributed by atoms with van der Waals surface area (Å²) in [5, 5.41) is 2.69. The van der Waals surface area contributed by atoms with E-state index in [1.165, 1.54) is 0 Å². The molecule has 1 aliphatic rings. The number of hydrogen-bond donors (Lipinski definition) is 1. The van der Waals surface area contributed by atoms with Crippen LogP contribution in [0.2, 0.25) is 0 Å². The Kier molecular flexibility index (Phi) is 14.6. The summed E-state index contributed by atoms with van der Waals surface area (Å²) in [5.74, 6) is -1.48. The van der Waals surface area contributed by atoms with Gasteiger partial charge in [-0.15, -0.1) is 0 Å². The quantitative estimate of drug-likeness (QED) is 0.246. The van der Waals surface area contributed by atoms with Crippen molar-refractivity contribution in [1.82, 2.24) is 10.2 Å². The van der Waals surface area contributed by atoms with Crippen LogP contribution in [-0.2, 0) is 38.1 Å². The van der Waals surface area contributed by atoms with Gasteiger partial charge in [-0.3, -0.25) is 19.2 Å². The number of carbonyl (C=O) groups excluding carboxylic acids is 4. The van der Waals surface area contributed by atoms with Crippen LogP contribution in [0.1, 0.15) is 66.7 Å². The molecule has 0 saturated carbocycles. The molecule has 208 valence electrons. The van der Waals surface area contributed by atoms with Crippen molar-refractivity contribution < 1.29 is 38.1 Å². The van der Waals surface area contributed by atoms with Crippen LogP contribution in [0.15, 0.2) is 0 Å². The number of rotatable bonds is 16. The first-order chi connectivity index (χ1) is 17.0. The van der Waals surface area contributed by atoms with Crippen LogP contribution >= 0.6 is 0 Å². The Hall–Kier alpha value is -2.20. The topological polar surface area (TPSA) is 120 Å². The van der Waals surface area contributed by atoms with Gasteiger partial charge in [0.25, 0.3) is 0 Å². The SMILES string of the molecule is CCC(CC(C)C(=O)OCCOCCNC(=O)CCC(=O)OC1C(CC)OC(C)C1C)C(=O)N(C)C. The molecule has 1 aliphatic heterocycles. The van der Waals surface area contributed by atoms with Crippen LogP contribution in [0.25, 0.3) is 0 Å². The van der Waals surface area contributed by atoms with E-state index in [2.05, 4.69) is 5.32 Å². The van der Waals surface area contributed by atoms with Crippen molar-refractivity contribution in [2.75, 3.05) is 40.5 Å². The number of nitrogens with one attached hydrogen (secondary N) is 1. The summed E-state index contributed by atoms with van der Waals surface area (Å²) < 4.78 is 22.0. The first-order valence-corrected chi connectivity index (χ1v) is 13.1. The lowest BCUT2D eigenvalue weighted by molar-refractivity contribution is -0.154. The van der Waals surface area contributed by atoms with Gasteiger partial charge in [0, 0.05) is 38.9 Å². The molecule has 6 unspecified atom stereocenters. The first kappa shape index (κ1) is 31.8. The van der Waals surface area contributed by atoms with E-state index >= 15 is 0 Å². The summed E-state index contributed by atoms with van der Waals surface area (Å²) >= 11 is 0. The van der Waals surface area contributed by atoms with E-state index < -0.39 is 5.97 Å². The van der Waals surface area contributed by atoms with Crippen molar-refractivity contribution >= 4 is 23.8 Å². The van der Waals surface area contributed by atoms with E-state index in [-0.39, 0.29) is 93.1 Å². The molecule has 10 heteroatoms.